The Balaban J connectivity index is 2.25. The van der Waals surface area contributed by atoms with Crippen molar-refractivity contribution in [2.75, 3.05) is 13.2 Å². The third-order valence-electron chi connectivity index (χ3n) is 4.24. The Kier molecular flexibility index (Phi) is 5.26. The minimum atomic E-state index is 0.479. The normalized spacial score (nSPS) is 16.0. The highest BCUT2D eigenvalue weighted by Gasteiger charge is 2.21. The Morgan fingerprint density at radius 2 is 2.00 bits per heavy atom. The van der Waals surface area contributed by atoms with Crippen LogP contribution in [-0.4, -0.2) is 13.2 Å². The summed E-state index contributed by atoms with van der Waals surface area (Å²) in [5.74, 6) is 1.80. The summed E-state index contributed by atoms with van der Waals surface area (Å²) >= 11 is 0. The summed E-state index contributed by atoms with van der Waals surface area (Å²) in [5.41, 5.74) is 2.82. The molecule has 19 heavy (non-hydrogen) atoms. The van der Waals surface area contributed by atoms with Crippen LogP contribution in [-0.2, 0) is 6.42 Å². The summed E-state index contributed by atoms with van der Waals surface area (Å²) in [4.78, 5) is 0. The maximum Gasteiger partial charge on any atom is 0.122 e. The van der Waals surface area contributed by atoms with Crippen molar-refractivity contribution in [3.05, 3.63) is 29.3 Å². The number of ether oxygens (including phenoxy) is 1. The first-order valence-electron chi connectivity index (χ1n) is 7.79. The Morgan fingerprint density at radius 1 is 1.21 bits per heavy atom. The Morgan fingerprint density at radius 3 is 2.68 bits per heavy atom. The van der Waals surface area contributed by atoms with Gasteiger partial charge in [-0.2, -0.15) is 0 Å². The van der Waals surface area contributed by atoms with E-state index in [2.05, 4.69) is 44.3 Å². The summed E-state index contributed by atoms with van der Waals surface area (Å²) in [5, 5.41) is 3.67. The number of nitrogens with one attached hydrogen (secondary N) is 1. The van der Waals surface area contributed by atoms with Crippen molar-refractivity contribution in [3.8, 4) is 5.75 Å². The fourth-order valence-electron chi connectivity index (χ4n) is 3.11. The third-order valence-corrected chi connectivity index (χ3v) is 4.24. The molecule has 0 saturated carbocycles. The lowest BCUT2D eigenvalue weighted by Gasteiger charge is -2.28. The fourth-order valence-corrected chi connectivity index (χ4v) is 3.11. The predicted molar refractivity (Wildman–Crippen MR) is 80.7 cm³/mol. The number of aryl methyl sites for hydroxylation is 1. The largest absolute Gasteiger partial charge is 0.493 e. The summed E-state index contributed by atoms with van der Waals surface area (Å²) in [6, 6.07) is 7.25. The summed E-state index contributed by atoms with van der Waals surface area (Å²) in [7, 11) is 0. The maximum atomic E-state index is 5.71. The lowest BCUT2D eigenvalue weighted by molar-refractivity contribution is 0.287. The number of fused-ring (bicyclic) bond motifs is 1. The van der Waals surface area contributed by atoms with E-state index in [4.69, 9.17) is 4.74 Å². The predicted octanol–water partition coefficient (Wildman–Crippen LogP) is 4.10. The van der Waals surface area contributed by atoms with E-state index in [0.717, 1.165) is 31.7 Å². The first kappa shape index (κ1) is 14.4. The highest BCUT2D eigenvalue weighted by molar-refractivity contribution is 5.39. The molecule has 1 unspecified atom stereocenters. The molecule has 2 rings (SSSR count). The van der Waals surface area contributed by atoms with Gasteiger partial charge in [-0.1, -0.05) is 45.7 Å². The van der Waals surface area contributed by atoms with Gasteiger partial charge in [-0.25, -0.2) is 0 Å². The van der Waals surface area contributed by atoms with Crippen LogP contribution in [0.1, 0.15) is 57.2 Å². The first-order chi connectivity index (χ1) is 9.30. The standard InChI is InChI=1S/C17H27NO/c1-4-13(5-2)17(18-6-3)15-9-10-16-14(12-15)8-7-11-19-16/h9-10,12-13,17-18H,4-8,11H2,1-3H3. The van der Waals surface area contributed by atoms with Gasteiger partial charge in [0.05, 0.1) is 6.61 Å². The Bertz CT molecular complexity index is 398. The number of rotatable bonds is 6. The molecule has 0 amide bonds. The molecule has 1 aliphatic rings. The van der Waals surface area contributed by atoms with Crippen molar-refractivity contribution >= 4 is 0 Å². The lowest BCUT2D eigenvalue weighted by atomic mass is 9.87. The summed E-state index contributed by atoms with van der Waals surface area (Å²) < 4.78 is 5.71. The second-order valence-electron chi connectivity index (χ2n) is 5.43. The molecular formula is C17H27NO. The van der Waals surface area contributed by atoms with Gasteiger partial charge >= 0.3 is 0 Å². The van der Waals surface area contributed by atoms with Gasteiger partial charge in [0.2, 0.25) is 0 Å². The Labute approximate surface area is 117 Å². The van der Waals surface area contributed by atoms with Gasteiger partial charge < -0.3 is 10.1 Å². The lowest BCUT2D eigenvalue weighted by Crippen LogP contribution is -2.28. The zero-order valence-electron chi connectivity index (χ0n) is 12.5. The smallest absolute Gasteiger partial charge is 0.122 e. The van der Waals surface area contributed by atoms with Gasteiger partial charge in [0.1, 0.15) is 5.75 Å². The molecule has 0 aromatic heterocycles. The molecular weight excluding hydrogens is 234 g/mol. The van der Waals surface area contributed by atoms with Gasteiger partial charge in [-0.05, 0) is 42.5 Å². The molecule has 1 heterocycles. The highest BCUT2D eigenvalue weighted by atomic mass is 16.5. The van der Waals surface area contributed by atoms with Crippen LogP contribution in [0, 0.1) is 5.92 Å². The van der Waals surface area contributed by atoms with E-state index in [1.54, 1.807) is 0 Å². The van der Waals surface area contributed by atoms with Gasteiger partial charge in [0.15, 0.2) is 0 Å². The maximum absolute atomic E-state index is 5.71. The van der Waals surface area contributed by atoms with E-state index in [-0.39, 0.29) is 0 Å². The second kappa shape index (κ2) is 6.95. The zero-order valence-corrected chi connectivity index (χ0v) is 12.5. The van der Waals surface area contributed by atoms with Gasteiger partial charge in [-0.15, -0.1) is 0 Å². The van der Waals surface area contributed by atoms with Crippen LogP contribution in [0.15, 0.2) is 18.2 Å². The monoisotopic (exact) mass is 261 g/mol. The Hall–Kier alpha value is -1.02. The van der Waals surface area contributed by atoms with Crippen LogP contribution in [0.25, 0.3) is 0 Å². The van der Waals surface area contributed by atoms with E-state index in [9.17, 15) is 0 Å². The number of hydrogen-bond acceptors (Lipinski definition) is 2. The molecule has 0 spiro atoms. The van der Waals surface area contributed by atoms with E-state index in [0.29, 0.717) is 12.0 Å². The average Bonchev–Trinajstić information content (AvgIpc) is 2.47. The SMILES string of the molecule is CCNC(c1ccc2c(c1)CCCO2)C(CC)CC. The van der Waals surface area contributed by atoms with E-state index in [1.807, 2.05) is 0 Å². The van der Waals surface area contributed by atoms with E-state index < -0.39 is 0 Å². The average molecular weight is 261 g/mol. The molecule has 1 N–H and O–H groups in total. The van der Waals surface area contributed by atoms with Crippen LogP contribution in [0.5, 0.6) is 5.75 Å². The molecule has 0 aliphatic carbocycles. The molecule has 2 nitrogen and oxygen atoms in total. The van der Waals surface area contributed by atoms with Crippen molar-refractivity contribution in [1.82, 2.24) is 5.32 Å². The van der Waals surface area contributed by atoms with Gasteiger partial charge in [0, 0.05) is 6.04 Å². The molecule has 1 aromatic carbocycles. The van der Waals surface area contributed by atoms with Crippen molar-refractivity contribution in [3.63, 3.8) is 0 Å². The molecule has 106 valence electrons. The van der Waals surface area contributed by atoms with Crippen molar-refractivity contribution in [1.29, 1.82) is 0 Å². The summed E-state index contributed by atoms with van der Waals surface area (Å²) in [6.07, 6.45) is 4.75. The molecule has 0 fully saturated rings. The highest BCUT2D eigenvalue weighted by Crippen LogP contribution is 2.32. The van der Waals surface area contributed by atoms with Crippen LogP contribution in [0.3, 0.4) is 0 Å². The molecule has 1 aromatic rings. The molecule has 0 saturated heterocycles. The van der Waals surface area contributed by atoms with E-state index in [1.165, 1.54) is 24.0 Å². The third kappa shape index (κ3) is 3.30. The topological polar surface area (TPSA) is 21.3 Å². The van der Waals surface area contributed by atoms with Crippen molar-refractivity contribution in [2.24, 2.45) is 5.92 Å². The van der Waals surface area contributed by atoms with Crippen molar-refractivity contribution in [2.45, 2.75) is 52.5 Å². The minimum absolute atomic E-state index is 0.479. The van der Waals surface area contributed by atoms with Crippen LogP contribution in [0.2, 0.25) is 0 Å². The molecule has 0 bridgehead atoms. The van der Waals surface area contributed by atoms with Crippen LogP contribution >= 0.6 is 0 Å². The summed E-state index contributed by atoms with van der Waals surface area (Å²) in [6.45, 7) is 8.67. The molecule has 1 aliphatic heterocycles. The minimum Gasteiger partial charge on any atom is -0.493 e. The quantitative estimate of drug-likeness (QED) is 0.832. The molecule has 0 radical (unpaired) electrons. The molecule has 1 atom stereocenters. The second-order valence-corrected chi connectivity index (χ2v) is 5.43. The van der Waals surface area contributed by atoms with E-state index >= 15 is 0 Å². The first-order valence-corrected chi connectivity index (χ1v) is 7.79. The zero-order chi connectivity index (χ0) is 13.7. The van der Waals surface area contributed by atoms with Crippen LogP contribution in [0.4, 0.5) is 0 Å². The van der Waals surface area contributed by atoms with Crippen molar-refractivity contribution < 1.29 is 4.74 Å². The van der Waals surface area contributed by atoms with Crippen LogP contribution < -0.4 is 10.1 Å². The molecule has 2 heteroatoms. The van der Waals surface area contributed by atoms with Gasteiger partial charge in [0.25, 0.3) is 0 Å². The number of benzene rings is 1. The number of hydrogen-bond donors (Lipinski definition) is 1. The fraction of sp³-hybridized carbons (Fsp3) is 0.647. The van der Waals surface area contributed by atoms with Gasteiger partial charge in [-0.3, -0.25) is 0 Å².